The molecule has 23 heavy (non-hydrogen) atoms. The number of hydrogen-bond acceptors (Lipinski definition) is 6. The lowest BCUT2D eigenvalue weighted by atomic mass is 10.1. The quantitative estimate of drug-likeness (QED) is 0.803. The van der Waals surface area contributed by atoms with E-state index in [1.807, 2.05) is 12.1 Å². The highest BCUT2D eigenvalue weighted by Crippen LogP contribution is 2.29. The van der Waals surface area contributed by atoms with Gasteiger partial charge in [0.2, 0.25) is 0 Å². The molecule has 6 heteroatoms. The van der Waals surface area contributed by atoms with Gasteiger partial charge in [-0.3, -0.25) is 9.80 Å². The zero-order valence-corrected chi connectivity index (χ0v) is 14.2. The lowest BCUT2D eigenvalue weighted by Gasteiger charge is -2.41. The molecule has 122 valence electrons. The fourth-order valence-corrected chi connectivity index (χ4v) is 4.29. The molecule has 2 aliphatic rings. The summed E-state index contributed by atoms with van der Waals surface area (Å²) >= 11 is 1.47. The van der Waals surface area contributed by atoms with Crippen LogP contribution in [0.3, 0.4) is 0 Å². The second-order valence-electron chi connectivity index (χ2n) is 6.42. The normalized spacial score (nSPS) is 25.6. The number of aromatic nitrogens is 2. The van der Waals surface area contributed by atoms with Crippen molar-refractivity contribution in [2.45, 2.75) is 48.6 Å². The summed E-state index contributed by atoms with van der Waals surface area (Å²) in [5.74, 6) is 1.03. The van der Waals surface area contributed by atoms with Crippen LogP contribution in [0.2, 0.25) is 0 Å². The van der Waals surface area contributed by atoms with E-state index in [4.69, 9.17) is 4.42 Å². The molecule has 0 radical (unpaired) electrons. The van der Waals surface area contributed by atoms with Gasteiger partial charge in [0, 0.05) is 37.6 Å². The zero-order chi connectivity index (χ0) is 15.6. The van der Waals surface area contributed by atoms with E-state index in [2.05, 4.69) is 32.8 Å². The number of piperazine rings is 1. The maximum atomic E-state index is 5.98. The standard InChI is InChI=1S/C17H22N4OS/c1-13-10-20-9-2-4-14(20)11-21(13)12-15-5-6-16(22-15)23-17-18-7-3-8-19-17/h3,5-8,13-14H,2,4,9-12H2,1H3/t13-,14+/m0/s1. The van der Waals surface area contributed by atoms with E-state index in [1.54, 1.807) is 12.4 Å². The van der Waals surface area contributed by atoms with Crippen molar-refractivity contribution in [2.24, 2.45) is 0 Å². The molecule has 0 bridgehead atoms. The van der Waals surface area contributed by atoms with Gasteiger partial charge in [-0.2, -0.15) is 0 Å². The van der Waals surface area contributed by atoms with Crippen molar-refractivity contribution in [3.63, 3.8) is 0 Å². The molecule has 0 aliphatic carbocycles. The molecule has 2 aromatic rings. The first kappa shape index (κ1) is 15.2. The first-order chi connectivity index (χ1) is 11.3. The highest BCUT2D eigenvalue weighted by Gasteiger charge is 2.34. The van der Waals surface area contributed by atoms with Crippen molar-refractivity contribution in [3.8, 4) is 0 Å². The molecule has 4 heterocycles. The zero-order valence-electron chi connectivity index (χ0n) is 13.4. The van der Waals surface area contributed by atoms with Crippen molar-refractivity contribution in [1.29, 1.82) is 0 Å². The predicted molar refractivity (Wildman–Crippen MR) is 89.3 cm³/mol. The smallest absolute Gasteiger partial charge is 0.195 e. The summed E-state index contributed by atoms with van der Waals surface area (Å²) in [6.07, 6.45) is 6.20. The predicted octanol–water partition coefficient (Wildman–Crippen LogP) is 2.89. The molecule has 2 fully saturated rings. The molecule has 0 aromatic carbocycles. The molecular weight excluding hydrogens is 308 g/mol. The van der Waals surface area contributed by atoms with Crippen LogP contribution < -0.4 is 0 Å². The lowest BCUT2D eigenvalue weighted by Crippen LogP contribution is -2.54. The van der Waals surface area contributed by atoms with E-state index in [0.717, 1.165) is 35.1 Å². The van der Waals surface area contributed by atoms with E-state index in [-0.39, 0.29) is 0 Å². The average molecular weight is 330 g/mol. The van der Waals surface area contributed by atoms with E-state index < -0.39 is 0 Å². The molecule has 0 unspecified atom stereocenters. The Morgan fingerprint density at radius 1 is 1.26 bits per heavy atom. The third-order valence-electron chi connectivity index (χ3n) is 4.80. The van der Waals surface area contributed by atoms with Gasteiger partial charge in [0.25, 0.3) is 0 Å². The van der Waals surface area contributed by atoms with Gasteiger partial charge in [-0.25, -0.2) is 9.97 Å². The summed E-state index contributed by atoms with van der Waals surface area (Å²) < 4.78 is 5.98. The SMILES string of the molecule is C[C@H]1CN2CCC[C@@H]2CN1Cc1ccc(Sc2ncccn2)o1. The molecule has 2 saturated heterocycles. The summed E-state index contributed by atoms with van der Waals surface area (Å²) in [5.41, 5.74) is 0. The van der Waals surface area contributed by atoms with Crippen molar-refractivity contribution >= 4 is 11.8 Å². The van der Waals surface area contributed by atoms with Crippen LogP contribution in [0.25, 0.3) is 0 Å². The van der Waals surface area contributed by atoms with Crippen molar-refractivity contribution in [2.75, 3.05) is 19.6 Å². The third kappa shape index (κ3) is 3.44. The maximum absolute atomic E-state index is 5.98. The molecule has 0 spiro atoms. The van der Waals surface area contributed by atoms with Gasteiger partial charge in [0.05, 0.1) is 6.54 Å². The largest absolute Gasteiger partial charge is 0.453 e. The number of rotatable bonds is 4. The first-order valence-electron chi connectivity index (χ1n) is 8.29. The molecule has 0 saturated carbocycles. The minimum absolute atomic E-state index is 0.586. The number of fused-ring (bicyclic) bond motifs is 1. The Bertz CT molecular complexity index is 647. The van der Waals surface area contributed by atoms with Crippen LogP contribution in [0.5, 0.6) is 0 Å². The summed E-state index contributed by atoms with van der Waals surface area (Å²) in [7, 11) is 0. The Balaban J connectivity index is 1.39. The minimum Gasteiger partial charge on any atom is -0.453 e. The fourth-order valence-electron chi connectivity index (χ4n) is 3.59. The Morgan fingerprint density at radius 2 is 2.13 bits per heavy atom. The van der Waals surface area contributed by atoms with Gasteiger partial charge < -0.3 is 4.42 Å². The second kappa shape index (κ2) is 6.63. The molecule has 4 rings (SSSR count). The fraction of sp³-hybridized carbons (Fsp3) is 0.529. The number of nitrogens with zero attached hydrogens (tertiary/aromatic N) is 4. The molecular formula is C17H22N4OS. The van der Waals surface area contributed by atoms with Crippen molar-refractivity contribution < 1.29 is 4.42 Å². The van der Waals surface area contributed by atoms with Gasteiger partial charge in [-0.05, 0) is 56.3 Å². The maximum Gasteiger partial charge on any atom is 0.195 e. The highest BCUT2D eigenvalue weighted by molar-refractivity contribution is 7.99. The summed E-state index contributed by atoms with van der Waals surface area (Å²) in [5, 5.41) is 1.58. The van der Waals surface area contributed by atoms with Gasteiger partial charge >= 0.3 is 0 Å². The Morgan fingerprint density at radius 3 is 3.00 bits per heavy atom. The summed E-state index contributed by atoms with van der Waals surface area (Å²) in [6, 6.07) is 7.25. The van der Waals surface area contributed by atoms with Crippen molar-refractivity contribution in [1.82, 2.24) is 19.8 Å². The Kier molecular flexibility index (Phi) is 4.37. The summed E-state index contributed by atoms with van der Waals surface area (Å²) in [4.78, 5) is 13.7. The molecule has 2 atom stereocenters. The van der Waals surface area contributed by atoms with E-state index in [1.165, 1.54) is 37.7 Å². The lowest BCUT2D eigenvalue weighted by molar-refractivity contribution is 0.0486. The van der Waals surface area contributed by atoms with E-state index >= 15 is 0 Å². The van der Waals surface area contributed by atoms with Crippen LogP contribution in [0.1, 0.15) is 25.5 Å². The highest BCUT2D eigenvalue weighted by atomic mass is 32.2. The average Bonchev–Trinajstić information content (AvgIpc) is 3.18. The Hall–Kier alpha value is -1.37. The van der Waals surface area contributed by atoms with E-state index in [9.17, 15) is 0 Å². The summed E-state index contributed by atoms with van der Waals surface area (Å²) in [6.45, 7) is 6.84. The monoisotopic (exact) mass is 330 g/mol. The molecule has 0 amide bonds. The molecule has 5 nitrogen and oxygen atoms in total. The number of hydrogen-bond donors (Lipinski definition) is 0. The second-order valence-corrected chi connectivity index (χ2v) is 7.40. The topological polar surface area (TPSA) is 45.4 Å². The Labute approximate surface area is 141 Å². The number of furan rings is 1. The van der Waals surface area contributed by atoms with Crippen molar-refractivity contribution in [3.05, 3.63) is 36.4 Å². The molecule has 2 aliphatic heterocycles. The van der Waals surface area contributed by atoms with Gasteiger partial charge in [-0.1, -0.05) is 0 Å². The molecule has 2 aromatic heterocycles. The van der Waals surface area contributed by atoms with Gasteiger partial charge in [0.1, 0.15) is 5.76 Å². The van der Waals surface area contributed by atoms with Gasteiger partial charge in [0.15, 0.2) is 10.2 Å². The van der Waals surface area contributed by atoms with Crippen LogP contribution in [-0.2, 0) is 6.54 Å². The minimum atomic E-state index is 0.586. The third-order valence-corrected chi connectivity index (χ3v) is 5.61. The molecule has 0 N–H and O–H groups in total. The van der Waals surface area contributed by atoms with Crippen LogP contribution in [0.15, 0.2) is 45.3 Å². The van der Waals surface area contributed by atoms with Crippen LogP contribution in [0.4, 0.5) is 0 Å². The van der Waals surface area contributed by atoms with Crippen LogP contribution in [-0.4, -0.2) is 51.5 Å². The first-order valence-corrected chi connectivity index (χ1v) is 9.11. The van der Waals surface area contributed by atoms with Crippen LogP contribution in [0, 0.1) is 0 Å². The van der Waals surface area contributed by atoms with Gasteiger partial charge in [-0.15, -0.1) is 0 Å². The van der Waals surface area contributed by atoms with E-state index in [0.29, 0.717) is 6.04 Å². The van der Waals surface area contributed by atoms with Crippen LogP contribution >= 0.6 is 11.8 Å².